The number of likely N-dealkylation sites (tertiary alicyclic amines) is 1. The van der Waals surface area contributed by atoms with Gasteiger partial charge in [-0.3, -0.25) is 9.59 Å². The molecule has 3 aliphatic rings. The molecule has 4 rings (SSSR count). The van der Waals surface area contributed by atoms with Gasteiger partial charge >= 0.3 is 6.03 Å². The van der Waals surface area contributed by atoms with Crippen molar-refractivity contribution in [2.45, 2.75) is 70.9 Å². The number of carbonyl (C=O) groups is 2. The number of amides is 3. The Morgan fingerprint density at radius 3 is 2.75 bits per heavy atom. The maximum atomic E-state index is 13.1. The molecule has 0 saturated carbocycles. The predicted octanol–water partition coefficient (Wildman–Crippen LogP) is 3.01. The third-order valence-corrected chi connectivity index (χ3v) is 7.13. The molecule has 174 valence electrons. The summed E-state index contributed by atoms with van der Waals surface area (Å²) in [5.74, 6) is 0.315. The fraction of sp³-hybridized carbons (Fsp3) is 0.640. The van der Waals surface area contributed by atoms with Crippen LogP contribution >= 0.6 is 0 Å². The van der Waals surface area contributed by atoms with Crippen LogP contribution < -0.4 is 16.2 Å². The Balaban J connectivity index is 1.34. The molecule has 2 aliphatic heterocycles. The number of urea groups is 1. The second kappa shape index (κ2) is 9.92. The van der Waals surface area contributed by atoms with E-state index in [9.17, 15) is 14.4 Å². The van der Waals surface area contributed by atoms with Crippen molar-refractivity contribution in [3.63, 3.8) is 0 Å². The van der Waals surface area contributed by atoms with Crippen LogP contribution in [-0.4, -0.2) is 47.1 Å². The van der Waals surface area contributed by atoms with Crippen LogP contribution in [0.3, 0.4) is 0 Å². The average molecular weight is 441 g/mol. The highest BCUT2D eigenvalue weighted by Crippen LogP contribution is 2.34. The van der Waals surface area contributed by atoms with E-state index in [-0.39, 0.29) is 35.3 Å². The number of hydrogen-bond donors (Lipinski definition) is 2. The summed E-state index contributed by atoms with van der Waals surface area (Å²) in [7, 11) is 0. The lowest BCUT2D eigenvalue weighted by Crippen LogP contribution is -2.57. The standard InChI is InChI=1S/C25H36N4O3/c1-17(2)23(24(31)26-12-11-18-7-4-3-5-8-18)27-25(32)28-14-19-13-20(16-28)21-9-6-10-22(30)29(21)15-19/h6-7,9-10,17,19-20,23H,3-5,8,11-16H2,1-2H3,(H,26,31)(H,27,32)/t19-,20-,23-/m0/s1. The van der Waals surface area contributed by atoms with Crippen molar-refractivity contribution in [1.82, 2.24) is 20.1 Å². The van der Waals surface area contributed by atoms with Gasteiger partial charge in [-0.1, -0.05) is 31.6 Å². The number of allylic oxidation sites excluding steroid dienone is 1. The zero-order valence-corrected chi connectivity index (χ0v) is 19.3. The molecular weight excluding hydrogens is 404 g/mol. The zero-order valence-electron chi connectivity index (χ0n) is 19.3. The van der Waals surface area contributed by atoms with Crippen LogP contribution in [0, 0.1) is 11.8 Å². The van der Waals surface area contributed by atoms with Gasteiger partial charge in [-0.05, 0) is 56.4 Å². The third-order valence-electron chi connectivity index (χ3n) is 7.13. The summed E-state index contributed by atoms with van der Waals surface area (Å²) in [4.78, 5) is 40.0. The van der Waals surface area contributed by atoms with Crippen molar-refractivity contribution in [3.05, 3.63) is 45.9 Å². The Bertz CT molecular complexity index is 935. The number of rotatable bonds is 6. The molecule has 7 heteroatoms. The van der Waals surface area contributed by atoms with Crippen LogP contribution in [0.5, 0.6) is 0 Å². The summed E-state index contributed by atoms with van der Waals surface area (Å²) >= 11 is 0. The average Bonchev–Trinajstić information content (AvgIpc) is 2.78. The number of hydrogen-bond acceptors (Lipinski definition) is 3. The maximum absolute atomic E-state index is 13.1. The highest BCUT2D eigenvalue weighted by molar-refractivity contribution is 5.87. The molecule has 0 unspecified atom stereocenters. The van der Waals surface area contributed by atoms with E-state index in [1.165, 1.54) is 18.4 Å². The lowest BCUT2D eigenvalue weighted by Gasteiger charge is -2.43. The van der Waals surface area contributed by atoms with E-state index in [1.54, 1.807) is 12.1 Å². The molecule has 3 atom stereocenters. The molecule has 3 heterocycles. The summed E-state index contributed by atoms with van der Waals surface area (Å²) in [6.07, 6.45) is 8.96. The zero-order chi connectivity index (χ0) is 22.7. The van der Waals surface area contributed by atoms with Crippen LogP contribution in [-0.2, 0) is 11.3 Å². The Morgan fingerprint density at radius 1 is 1.16 bits per heavy atom. The minimum absolute atomic E-state index is 0.00330. The van der Waals surface area contributed by atoms with E-state index in [0.717, 1.165) is 31.4 Å². The fourth-order valence-corrected chi connectivity index (χ4v) is 5.41. The maximum Gasteiger partial charge on any atom is 0.318 e. The van der Waals surface area contributed by atoms with Crippen molar-refractivity contribution in [3.8, 4) is 0 Å². The normalized spacial score (nSPS) is 23.2. The van der Waals surface area contributed by atoms with Crippen LogP contribution in [0.4, 0.5) is 4.79 Å². The first-order valence-electron chi connectivity index (χ1n) is 12.1. The van der Waals surface area contributed by atoms with Gasteiger partial charge < -0.3 is 20.1 Å². The Kier molecular flexibility index (Phi) is 7.01. The van der Waals surface area contributed by atoms with Gasteiger partial charge in [0, 0.05) is 43.9 Å². The fourth-order valence-electron chi connectivity index (χ4n) is 5.41. The highest BCUT2D eigenvalue weighted by Gasteiger charge is 2.37. The van der Waals surface area contributed by atoms with Crippen molar-refractivity contribution >= 4 is 11.9 Å². The molecular formula is C25H36N4O3. The summed E-state index contributed by atoms with van der Waals surface area (Å²) in [6.45, 7) is 6.38. The van der Waals surface area contributed by atoms with Crippen LogP contribution in [0.2, 0.25) is 0 Å². The number of aromatic nitrogens is 1. The van der Waals surface area contributed by atoms with Gasteiger partial charge in [-0.15, -0.1) is 0 Å². The minimum Gasteiger partial charge on any atom is -0.354 e. The van der Waals surface area contributed by atoms with E-state index in [4.69, 9.17) is 0 Å². The van der Waals surface area contributed by atoms with Gasteiger partial charge in [0.15, 0.2) is 0 Å². The SMILES string of the molecule is CC(C)[C@H](NC(=O)N1C[C@@H]2C[C@@H](C1)c1cccc(=O)n1C2)C(=O)NCCC1=CCCCC1. The van der Waals surface area contributed by atoms with Crippen LogP contribution in [0.15, 0.2) is 34.6 Å². The highest BCUT2D eigenvalue weighted by atomic mass is 16.2. The number of piperidine rings is 1. The van der Waals surface area contributed by atoms with Crippen LogP contribution in [0.1, 0.15) is 64.0 Å². The molecule has 3 amide bonds. The van der Waals surface area contributed by atoms with E-state index < -0.39 is 6.04 Å². The molecule has 0 radical (unpaired) electrons. The van der Waals surface area contributed by atoms with Crippen molar-refractivity contribution in [1.29, 1.82) is 0 Å². The van der Waals surface area contributed by atoms with Gasteiger partial charge in [-0.25, -0.2) is 4.79 Å². The lowest BCUT2D eigenvalue weighted by atomic mass is 9.83. The Morgan fingerprint density at radius 2 is 2.00 bits per heavy atom. The minimum atomic E-state index is -0.556. The summed E-state index contributed by atoms with van der Waals surface area (Å²) in [5, 5.41) is 6.02. The van der Waals surface area contributed by atoms with Gasteiger partial charge in [0.05, 0.1) is 0 Å². The monoisotopic (exact) mass is 440 g/mol. The molecule has 1 aliphatic carbocycles. The van der Waals surface area contributed by atoms with Gasteiger partial charge in [-0.2, -0.15) is 0 Å². The van der Waals surface area contributed by atoms with E-state index in [2.05, 4.69) is 16.7 Å². The molecule has 1 aromatic heterocycles. The molecule has 2 bridgehead atoms. The van der Waals surface area contributed by atoms with Crippen molar-refractivity contribution in [2.75, 3.05) is 19.6 Å². The molecule has 1 fully saturated rings. The van der Waals surface area contributed by atoms with E-state index in [0.29, 0.717) is 26.2 Å². The van der Waals surface area contributed by atoms with E-state index in [1.807, 2.05) is 29.4 Å². The van der Waals surface area contributed by atoms with E-state index >= 15 is 0 Å². The largest absolute Gasteiger partial charge is 0.354 e. The van der Waals surface area contributed by atoms with Crippen molar-refractivity contribution in [2.24, 2.45) is 11.8 Å². The second-order valence-electron chi connectivity index (χ2n) is 9.92. The summed E-state index contributed by atoms with van der Waals surface area (Å²) in [5.41, 5.74) is 2.48. The van der Waals surface area contributed by atoms with Gasteiger partial charge in [0.25, 0.3) is 5.56 Å². The number of nitrogens with zero attached hydrogens (tertiary/aromatic N) is 2. The molecule has 0 spiro atoms. The molecule has 1 aromatic rings. The molecule has 0 aromatic carbocycles. The smallest absolute Gasteiger partial charge is 0.318 e. The molecule has 2 N–H and O–H groups in total. The van der Waals surface area contributed by atoms with Crippen LogP contribution in [0.25, 0.3) is 0 Å². The topological polar surface area (TPSA) is 83.4 Å². The van der Waals surface area contributed by atoms with Gasteiger partial charge in [0.1, 0.15) is 6.04 Å². The predicted molar refractivity (Wildman–Crippen MR) is 124 cm³/mol. The number of nitrogens with one attached hydrogen (secondary N) is 2. The molecule has 32 heavy (non-hydrogen) atoms. The first-order chi connectivity index (χ1) is 15.4. The quantitative estimate of drug-likeness (QED) is 0.667. The Hall–Kier alpha value is -2.57. The summed E-state index contributed by atoms with van der Waals surface area (Å²) < 4.78 is 1.86. The number of fused-ring (bicyclic) bond motifs is 4. The van der Waals surface area contributed by atoms with Crippen molar-refractivity contribution < 1.29 is 9.59 Å². The number of pyridine rings is 1. The Labute approximate surface area is 190 Å². The number of carbonyl (C=O) groups excluding carboxylic acids is 2. The molecule has 1 saturated heterocycles. The first-order valence-corrected chi connectivity index (χ1v) is 12.1. The lowest BCUT2D eigenvalue weighted by molar-refractivity contribution is -0.123. The summed E-state index contributed by atoms with van der Waals surface area (Å²) in [6, 6.07) is 4.66. The second-order valence-corrected chi connectivity index (χ2v) is 9.92. The first kappa shape index (κ1) is 22.6. The molecule has 7 nitrogen and oxygen atoms in total. The van der Waals surface area contributed by atoms with Gasteiger partial charge in [0.2, 0.25) is 5.91 Å². The third kappa shape index (κ3) is 5.08.